The van der Waals surface area contributed by atoms with E-state index < -0.39 is 0 Å². The summed E-state index contributed by atoms with van der Waals surface area (Å²) < 4.78 is 1.65. The zero-order valence-electron chi connectivity index (χ0n) is 18.2. The van der Waals surface area contributed by atoms with E-state index in [1.807, 2.05) is 67.6 Å². The maximum absolute atomic E-state index is 13.1. The van der Waals surface area contributed by atoms with Gasteiger partial charge in [0.05, 0.1) is 11.6 Å². The molecule has 166 valence electrons. The molecule has 1 atom stereocenters. The summed E-state index contributed by atoms with van der Waals surface area (Å²) in [4.78, 5) is 25.7. The highest BCUT2D eigenvalue weighted by molar-refractivity contribution is 7.98. The molecule has 0 bridgehead atoms. The van der Waals surface area contributed by atoms with Crippen molar-refractivity contribution in [1.82, 2.24) is 15.1 Å². The van der Waals surface area contributed by atoms with E-state index in [-0.39, 0.29) is 24.3 Å². The maximum Gasteiger partial charge on any atom is 0.241 e. The third-order valence-corrected chi connectivity index (χ3v) is 6.63. The highest BCUT2D eigenvalue weighted by Crippen LogP contribution is 2.35. The highest BCUT2D eigenvalue weighted by atomic mass is 32.2. The minimum atomic E-state index is -0.246. The molecule has 3 aromatic rings. The summed E-state index contributed by atoms with van der Waals surface area (Å²) in [7, 11) is 0. The smallest absolute Gasteiger partial charge is 0.241 e. The molecule has 0 spiro atoms. The van der Waals surface area contributed by atoms with Crippen LogP contribution in [0.4, 0.5) is 5.82 Å². The van der Waals surface area contributed by atoms with Crippen molar-refractivity contribution < 1.29 is 9.59 Å². The Hall–Kier alpha value is -3.06. The summed E-state index contributed by atoms with van der Waals surface area (Å²) in [6.07, 6.45) is 1.47. The van der Waals surface area contributed by atoms with Crippen LogP contribution in [0.5, 0.6) is 0 Å². The fraction of sp³-hybridized carbons (Fsp3) is 0.320. The lowest BCUT2D eigenvalue weighted by Crippen LogP contribution is -2.31. The van der Waals surface area contributed by atoms with Gasteiger partial charge in [-0.3, -0.25) is 9.59 Å². The second-order valence-electron chi connectivity index (χ2n) is 7.87. The Labute approximate surface area is 192 Å². The summed E-state index contributed by atoms with van der Waals surface area (Å²) in [6, 6.07) is 19.9. The molecule has 1 aromatic heterocycles. The first-order valence-electron chi connectivity index (χ1n) is 11.0. The summed E-state index contributed by atoms with van der Waals surface area (Å²) in [6.45, 7) is 2.66. The molecule has 1 aliphatic rings. The van der Waals surface area contributed by atoms with E-state index in [2.05, 4.69) is 15.7 Å². The second-order valence-corrected chi connectivity index (χ2v) is 8.86. The molecule has 2 amide bonds. The van der Waals surface area contributed by atoms with Crippen LogP contribution in [0.25, 0.3) is 0 Å². The van der Waals surface area contributed by atoms with E-state index in [9.17, 15) is 9.59 Å². The summed E-state index contributed by atoms with van der Waals surface area (Å²) >= 11 is 1.77. The number of hydrogen-bond donors (Lipinski definition) is 2. The summed E-state index contributed by atoms with van der Waals surface area (Å²) in [5.74, 6) is 1.83. The predicted molar refractivity (Wildman–Crippen MR) is 128 cm³/mol. The number of fused-ring (bicyclic) bond motifs is 1. The molecule has 6 nitrogen and oxygen atoms in total. The molecule has 0 aliphatic carbocycles. The van der Waals surface area contributed by atoms with Crippen molar-refractivity contribution in [3.05, 3.63) is 83.0 Å². The molecule has 1 unspecified atom stereocenters. The number of rotatable bonds is 9. The number of anilines is 1. The van der Waals surface area contributed by atoms with Gasteiger partial charge in [0.2, 0.25) is 11.8 Å². The Morgan fingerprint density at radius 1 is 1.06 bits per heavy atom. The molecule has 0 fully saturated rings. The van der Waals surface area contributed by atoms with Crippen molar-refractivity contribution in [3.8, 4) is 0 Å². The average molecular weight is 449 g/mol. The van der Waals surface area contributed by atoms with Crippen LogP contribution in [0.2, 0.25) is 0 Å². The van der Waals surface area contributed by atoms with Gasteiger partial charge in [-0.1, -0.05) is 67.6 Å². The Morgan fingerprint density at radius 3 is 2.50 bits per heavy atom. The lowest BCUT2D eigenvalue weighted by Gasteiger charge is -2.17. The summed E-state index contributed by atoms with van der Waals surface area (Å²) in [5, 5.41) is 10.7. The van der Waals surface area contributed by atoms with Gasteiger partial charge in [0, 0.05) is 23.6 Å². The lowest BCUT2D eigenvalue weighted by molar-refractivity contribution is -0.122. The van der Waals surface area contributed by atoms with E-state index in [0.29, 0.717) is 18.8 Å². The molecule has 4 rings (SSSR count). The zero-order valence-corrected chi connectivity index (χ0v) is 19.0. The quantitative estimate of drug-likeness (QED) is 0.516. The number of carbonyl (C=O) groups is 2. The molecule has 7 heteroatoms. The fourth-order valence-corrected chi connectivity index (χ4v) is 5.00. The topological polar surface area (TPSA) is 76.0 Å². The number of benzene rings is 2. The summed E-state index contributed by atoms with van der Waals surface area (Å²) in [5.41, 5.74) is 4.16. The van der Waals surface area contributed by atoms with Crippen LogP contribution < -0.4 is 10.6 Å². The normalized spacial score (nSPS) is 13.4. The Kier molecular flexibility index (Phi) is 7.27. The highest BCUT2D eigenvalue weighted by Gasteiger charge is 2.27. The van der Waals surface area contributed by atoms with Gasteiger partial charge in [-0.2, -0.15) is 16.9 Å². The van der Waals surface area contributed by atoms with Gasteiger partial charge in [0.1, 0.15) is 12.4 Å². The van der Waals surface area contributed by atoms with Crippen molar-refractivity contribution in [2.24, 2.45) is 0 Å². The third kappa shape index (κ3) is 5.22. The average Bonchev–Trinajstić information content (AvgIpc) is 3.38. The number of thioether (sulfide) groups is 1. The molecule has 0 saturated heterocycles. The number of aromatic nitrogens is 2. The second kappa shape index (κ2) is 10.5. The fourth-order valence-electron chi connectivity index (χ4n) is 3.96. The molecule has 32 heavy (non-hydrogen) atoms. The monoisotopic (exact) mass is 448 g/mol. The van der Waals surface area contributed by atoms with Crippen molar-refractivity contribution in [1.29, 1.82) is 0 Å². The first kappa shape index (κ1) is 22.1. The Balaban J connectivity index is 1.43. The molecular formula is C25H28N4O2S. The zero-order chi connectivity index (χ0) is 22.3. The van der Waals surface area contributed by atoms with Gasteiger partial charge in [-0.05, 0) is 24.0 Å². The van der Waals surface area contributed by atoms with Gasteiger partial charge in [-0.25, -0.2) is 4.68 Å². The molecule has 0 saturated carbocycles. The Bertz CT molecular complexity index is 1070. The van der Waals surface area contributed by atoms with Crippen molar-refractivity contribution in [3.63, 3.8) is 0 Å². The predicted octanol–water partition coefficient (Wildman–Crippen LogP) is 4.12. The van der Waals surface area contributed by atoms with E-state index in [1.54, 1.807) is 16.4 Å². The van der Waals surface area contributed by atoms with E-state index >= 15 is 0 Å². The first-order chi connectivity index (χ1) is 15.7. The number of carbonyl (C=O) groups excluding carboxylic acids is 2. The van der Waals surface area contributed by atoms with Crippen LogP contribution in [-0.2, 0) is 34.1 Å². The first-order valence-corrected chi connectivity index (χ1v) is 12.1. The van der Waals surface area contributed by atoms with Gasteiger partial charge in [0.25, 0.3) is 0 Å². The number of nitrogens with zero attached hydrogens (tertiary/aromatic N) is 2. The van der Waals surface area contributed by atoms with E-state index in [1.165, 1.54) is 5.56 Å². The van der Waals surface area contributed by atoms with Gasteiger partial charge in [-0.15, -0.1) is 0 Å². The molecule has 2 aromatic carbocycles. The minimum Gasteiger partial charge on any atom is -0.354 e. The van der Waals surface area contributed by atoms with Crippen LogP contribution in [0, 0.1) is 0 Å². The van der Waals surface area contributed by atoms with Crippen LogP contribution >= 0.6 is 11.8 Å². The van der Waals surface area contributed by atoms with E-state index in [0.717, 1.165) is 34.7 Å². The number of amides is 2. The molecule has 2 heterocycles. The standard InChI is InChI=1S/C25H28N4O2S/c1-2-20(19-11-7-4-8-12-19)25(31)27-24-21-16-32-17-22(21)28-29(24)15-23(30)26-14-13-18-9-5-3-6-10-18/h3-12,20H,2,13-17H2,1H3,(H,26,30)(H,27,31). The number of nitrogens with one attached hydrogen (secondary N) is 2. The van der Waals surface area contributed by atoms with Crippen LogP contribution in [-0.4, -0.2) is 28.1 Å². The van der Waals surface area contributed by atoms with E-state index in [4.69, 9.17) is 0 Å². The lowest BCUT2D eigenvalue weighted by atomic mass is 9.95. The molecule has 2 N–H and O–H groups in total. The minimum absolute atomic E-state index is 0.0657. The van der Waals surface area contributed by atoms with Crippen molar-refractivity contribution in [2.75, 3.05) is 11.9 Å². The maximum atomic E-state index is 13.1. The van der Waals surface area contributed by atoms with Crippen LogP contribution in [0.15, 0.2) is 60.7 Å². The molecule has 1 aliphatic heterocycles. The van der Waals surface area contributed by atoms with Crippen molar-refractivity contribution in [2.45, 2.75) is 43.7 Å². The number of hydrogen-bond acceptors (Lipinski definition) is 4. The van der Waals surface area contributed by atoms with Gasteiger partial charge < -0.3 is 10.6 Å². The largest absolute Gasteiger partial charge is 0.354 e. The molecular weight excluding hydrogens is 420 g/mol. The van der Waals surface area contributed by atoms with Crippen LogP contribution in [0.1, 0.15) is 41.6 Å². The van der Waals surface area contributed by atoms with Crippen molar-refractivity contribution >= 4 is 29.4 Å². The molecule has 0 radical (unpaired) electrons. The van der Waals surface area contributed by atoms with Gasteiger partial charge in [0.15, 0.2) is 0 Å². The third-order valence-electron chi connectivity index (χ3n) is 5.66. The Morgan fingerprint density at radius 2 is 1.78 bits per heavy atom. The SMILES string of the molecule is CCC(C(=O)Nc1c2c(nn1CC(=O)NCCc1ccccc1)CSC2)c1ccccc1. The van der Waals surface area contributed by atoms with Gasteiger partial charge >= 0.3 is 0 Å². The van der Waals surface area contributed by atoms with Crippen LogP contribution in [0.3, 0.4) is 0 Å².